The summed E-state index contributed by atoms with van der Waals surface area (Å²) in [4.78, 5) is 19.8. The topological polar surface area (TPSA) is 94.6 Å². The molecule has 2 fully saturated rings. The lowest BCUT2D eigenvalue weighted by atomic mass is 9.93. The summed E-state index contributed by atoms with van der Waals surface area (Å²) in [6.45, 7) is 4.85. The van der Waals surface area contributed by atoms with Crippen LogP contribution in [0, 0.1) is 0 Å². The first kappa shape index (κ1) is 25.7. The molecule has 0 radical (unpaired) electrons. The average Bonchev–Trinajstić information content (AvgIpc) is 3.45. The number of tetrazole rings is 1. The van der Waals surface area contributed by atoms with Gasteiger partial charge in [0.05, 0.1) is 18.7 Å². The summed E-state index contributed by atoms with van der Waals surface area (Å²) < 4.78 is 7.37. The summed E-state index contributed by atoms with van der Waals surface area (Å²) in [6.07, 6.45) is 7.62. The van der Waals surface area contributed by atoms with Crippen molar-refractivity contribution < 1.29 is 14.5 Å². The van der Waals surface area contributed by atoms with Crippen molar-refractivity contribution in [2.24, 2.45) is 0 Å². The molecule has 0 amide bonds. The highest BCUT2D eigenvalue weighted by molar-refractivity contribution is 5.80. The average molecular weight is 530 g/mol. The molecule has 9 nitrogen and oxygen atoms in total. The van der Waals surface area contributed by atoms with Crippen LogP contribution >= 0.6 is 0 Å². The Morgan fingerprint density at radius 2 is 1.82 bits per heavy atom. The number of quaternary nitrogens is 2. The van der Waals surface area contributed by atoms with Gasteiger partial charge in [-0.05, 0) is 72.4 Å². The SMILES string of the molecule is COc1ccc2[nH]c(=O)c(C(c3nnnn3CCc3ccccc3)[NH+]3CC[NH+](C4CCCCC4)CC3)cc2c1. The number of nitrogens with one attached hydrogen (secondary N) is 3. The fraction of sp³-hybridized carbons (Fsp3) is 0.467. The number of nitrogens with zero attached hydrogens (tertiary/aromatic N) is 4. The van der Waals surface area contributed by atoms with E-state index in [0.29, 0.717) is 12.1 Å². The Hall–Kier alpha value is -3.56. The molecular weight excluding hydrogens is 490 g/mol. The second-order valence-corrected chi connectivity index (χ2v) is 11.1. The Morgan fingerprint density at radius 1 is 1.03 bits per heavy atom. The third-order valence-electron chi connectivity index (χ3n) is 8.79. The molecule has 2 aliphatic rings. The van der Waals surface area contributed by atoms with E-state index in [0.717, 1.165) is 61.1 Å². The van der Waals surface area contributed by atoms with Crippen LogP contribution in [0.5, 0.6) is 5.75 Å². The van der Waals surface area contributed by atoms with E-state index in [9.17, 15) is 4.79 Å². The monoisotopic (exact) mass is 529 g/mol. The largest absolute Gasteiger partial charge is 0.497 e. The highest BCUT2D eigenvalue weighted by Gasteiger charge is 2.39. The molecule has 3 N–H and O–H groups in total. The highest BCUT2D eigenvalue weighted by atomic mass is 16.5. The number of pyridine rings is 1. The molecule has 1 saturated carbocycles. The molecular formula is C30H39N7O2+2. The van der Waals surface area contributed by atoms with Crippen molar-refractivity contribution in [2.45, 2.75) is 57.2 Å². The van der Waals surface area contributed by atoms with Crippen LogP contribution < -0.4 is 20.1 Å². The number of ether oxygens (including phenoxy) is 1. The Kier molecular flexibility index (Phi) is 7.69. The third kappa shape index (κ3) is 5.60. The fourth-order valence-electron chi connectivity index (χ4n) is 6.64. The number of hydrogen-bond donors (Lipinski definition) is 3. The van der Waals surface area contributed by atoms with E-state index in [4.69, 9.17) is 4.74 Å². The van der Waals surface area contributed by atoms with Gasteiger partial charge in [-0.15, -0.1) is 5.10 Å². The Labute approximate surface area is 228 Å². The summed E-state index contributed by atoms with van der Waals surface area (Å²) in [7, 11) is 1.66. The molecule has 4 aromatic rings. The van der Waals surface area contributed by atoms with Gasteiger partial charge in [-0.25, -0.2) is 4.68 Å². The molecule has 2 aromatic carbocycles. The first-order valence-corrected chi connectivity index (χ1v) is 14.4. The van der Waals surface area contributed by atoms with Gasteiger partial charge in [0, 0.05) is 17.4 Å². The van der Waals surface area contributed by atoms with Gasteiger partial charge in [0.15, 0.2) is 6.04 Å². The molecule has 204 valence electrons. The third-order valence-corrected chi connectivity index (χ3v) is 8.79. The number of hydrogen-bond acceptors (Lipinski definition) is 5. The van der Waals surface area contributed by atoms with Crippen LogP contribution in [0.15, 0.2) is 59.4 Å². The molecule has 1 aliphatic heterocycles. The van der Waals surface area contributed by atoms with Crippen molar-refractivity contribution in [1.29, 1.82) is 0 Å². The van der Waals surface area contributed by atoms with Gasteiger partial charge < -0.3 is 19.5 Å². The second-order valence-electron chi connectivity index (χ2n) is 11.1. The number of H-pyrrole nitrogens is 1. The standard InChI is InChI=1S/C30H37N7O2/c1-39-25-12-13-27-23(20-25)21-26(30(38)31-27)28(36-18-16-35(17-19-36)24-10-6-3-7-11-24)29-32-33-34-37(29)15-14-22-8-4-2-5-9-22/h2,4-5,8-9,12-13,20-21,24,28H,3,6-7,10-11,14-19H2,1H3,(H,31,38)/p+2. The van der Waals surface area contributed by atoms with Crippen molar-refractivity contribution >= 4 is 10.9 Å². The fourth-order valence-corrected chi connectivity index (χ4v) is 6.64. The summed E-state index contributed by atoms with van der Waals surface area (Å²) in [5.41, 5.74) is 2.67. The Balaban J connectivity index is 1.34. The smallest absolute Gasteiger partial charge is 0.258 e. The minimum Gasteiger partial charge on any atom is -0.497 e. The molecule has 39 heavy (non-hydrogen) atoms. The molecule has 3 heterocycles. The van der Waals surface area contributed by atoms with Gasteiger partial charge in [0.2, 0.25) is 5.82 Å². The summed E-state index contributed by atoms with van der Waals surface area (Å²) in [5.74, 6) is 1.52. The lowest BCUT2D eigenvalue weighted by Gasteiger charge is -2.38. The Morgan fingerprint density at radius 3 is 2.59 bits per heavy atom. The van der Waals surface area contributed by atoms with Crippen LogP contribution in [0.4, 0.5) is 0 Å². The minimum absolute atomic E-state index is 0.0789. The predicted molar refractivity (Wildman–Crippen MR) is 149 cm³/mol. The Bertz CT molecular complexity index is 1440. The molecule has 9 heteroatoms. The molecule has 1 aliphatic carbocycles. The van der Waals surface area contributed by atoms with E-state index in [1.54, 1.807) is 12.0 Å². The number of aromatic amines is 1. The summed E-state index contributed by atoms with van der Waals surface area (Å²) >= 11 is 0. The van der Waals surface area contributed by atoms with Gasteiger partial charge in [-0.1, -0.05) is 36.8 Å². The molecule has 0 spiro atoms. The van der Waals surface area contributed by atoms with E-state index in [1.807, 2.05) is 35.0 Å². The zero-order chi connectivity index (χ0) is 26.6. The number of aromatic nitrogens is 5. The number of benzene rings is 2. The summed E-state index contributed by atoms with van der Waals surface area (Å²) in [6, 6.07) is 18.7. The molecule has 1 saturated heterocycles. The number of rotatable bonds is 8. The van der Waals surface area contributed by atoms with Gasteiger partial charge in [0.25, 0.3) is 5.56 Å². The summed E-state index contributed by atoms with van der Waals surface area (Å²) in [5, 5.41) is 14.0. The minimum atomic E-state index is -0.247. The lowest BCUT2D eigenvalue weighted by Crippen LogP contribution is -3.29. The van der Waals surface area contributed by atoms with Crippen LogP contribution in [0.25, 0.3) is 10.9 Å². The van der Waals surface area contributed by atoms with E-state index < -0.39 is 0 Å². The maximum absolute atomic E-state index is 13.6. The molecule has 1 atom stereocenters. The van der Waals surface area contributed by atoms with E-state index >= 15 is 0 Å². The van der Waals surface area contributed by atoms with Crippen molar-refractivity contribution in [3.05, 3.63) is 81.9 Å². The van der Waals surface area contributed by atoms with E-state index in [-0.39, 0.29) is 11.6 Å². The first-order valence-electron chi connectivity index (χ1n) is 14.4. The van der Waals surface area contributed by atoms with Crippen LogP contribution in [0.1, 0.15) is 55.1 Å². The number of methoxy groups -OCH3 is 1. The maximum atomic E-state index is 13.6. The normalized spacial score (nSPS) is 21.2. The van der Waals surface area contributed by atoms with Crippen molar-refractivity contribution in [3.8, 4) is 5.75 Å². The van der Waals surface area contributed by atoms with E-state index in [1.165, 1.54) is 42.6 Å². The van der Waals surface area contributed by atoms with Crippen molar-refractivity contribution in [3.63, 3.8) is 0 Å². The van der Waals surface area contributed by atoms with Gasteiger partial charge in [0.1, 0.15) is 31.9 Å². The maximum Gasteiger partial charge on any atom is 0.258 e. The number of piperazine rings is 1. The van der Waals surface area contributed by atoms with Gasteiger partial charge in [-0.2, -0.15) is 0 Å². The highest BCUT2D eigenvalue weighted by Crippen LogP contribution is 2.22. The van der Waals surface area contributed by atoms with Gasteiger partial charge in [-0.3, -0.25) is 4.79 Å². The molecule has 2 aromatic heterocycles. The predicted octanol–water partition coefficient (Wildman–Crippen LogP) is 0.971. The van der Waals surface area contributed by atoms with Crippen molar-refractivity contribution in [1.82, 2.24) is 25.2 Å². The van der Waals surface area contributed by atoms with E-state index in [2.05, 4.69) is 44.8 Å². The molecule has 6 rings (SSSR count). The second kappa shape index (κ2) is 11.7. The van der Waals surface area contributed by atoms with Crippen LogP contribution in [-0.2, 0) is 13.0 Å². The van der Waals surface area contributed by atoms with Crippen molar-refractivity contribution in [2.75, 3.05) is 33.3 Å². The van der Waals surface area contributed by atoms with Crippen LogP contribution in [0.2, 0.25) is 0 Å². The first-order chi connectivity index (χ1) is 19.2. The molecule has 1 unspecified atom stereocenters. The van der Waals surface area contributed by atoms with Gasteiger partial charge >= 0.3 is 0 Å². The van der Waals surface area contributed by atoms with Crippen LogP contribution in [0.3, 0.4) is 0 Å². The zero-order valence-electron chi connectivity index (χ0n) is 22.7. The lowest BCUT2D eigenvalue weighted by molar-refractivity contribution is -1.03. The number of aryl methyl sites for hydroxylation is 2. The zero-order valence-corrected chi connectivity index (χ0v) is 22.7. The molecule has 0 bridgehead atoms. The number of fused-ring (bicyclic) bond motifs is 1. The quantitative estimate of drug-likeness (QED) is 0.316. The van der Waals surface area contributed by atoms with Crippen LogP contribution in [-0.4, -0.2) is 64.5 Å².